The van der Waals surface area contributed by atoms with Crippen molar-refractivity contribution in [3.8, 4) is 0 Å². The highest BCUT2D eigenvalue weighted by molar-refractivity contribution is 5.74. The predicted octanol–water partition coefficient (Wildman–Crippen LogP) is 2.19. The van der Waals surface area contributed by atoms with Crippen LogP contribution in [0.4, 0.5) is 0 Å². The van der Waals surface area contributed by atoms with Gasteiger partial charge in [0.1, 0.15) is 5.54 Å². The van der Waals surface area contributed by atoms with Crippen LogP contribution in [0.15, 0.2) is 0 Å². The lowest BCUT2D eigenvalue weighted by atomic mass is 9.76. The fraction of sp³-hybridized carbons (Fsp3) is 0.909. The first-order valence-corrected chi connectivity index (χ1v) is 5.02. The zero-order chi connectivity index (χ0) is 11.7. The van der Waals surface area contributed by atoms with Crippen LogP contribution < -0.4 is 0 Å². The third-order valence-electron chi connectivity index (χ3n) is 3.32. The average molecular weight is 201 g/mol. The highest BCUT2D eigenvalue weighted by Gasteiger charge is 2.44. The van der Waals surface area contributed by atoms with E-state index in [-0.39, 0.29) is 11.0 Å². The van der Waals surface area contributed by atoms with Crippen LogP contribution in [0.1, 0.15) is 41.5 Å². The van der Waals surface area contributed by atoms with Crippen molar-refractivity contribution in [2.24, 2.45) is 5.41 Å². The molecule has 0 spiro atoms. The minimum absolute atomic E-state index is 0.0129. The Bertz CT molecular complexity index is 232. The molecular weight excluding hydrogens is 176 g/mol. The van der Waals surface area contributed by atoms with E-state index in [0.717, 1.165) is 5.84 Å². The second kappa shape index (κ2) is 3.89. The van der Waals surface area contributed by atoms with Gasteiger partial charge in [-0.1, -0.05) is 20.8 Å². The standard InChI is InChI=1S/C11H25N2O/c1-9(12(7)8)13(14)11(5,6)10(2,3)4/h14H,1-8H3/q+1. The molecule has 0 aromatic rings. The summed E-state index contributed by atoms with van der Waals surface area (Å²) in [5, 5.41) is 11.5. The third kappa shape index (κ3) is 2.47. The number of hydrogen-bond donors (Lipinski definition) is 1. The van der Waals surface area contributed by atoms with E-state index < -0.39 is 0 Å². The first kappa shape index (κ1) is 13.4. The summed E-state index contributed by atoms with van der Waals surface area (Å²) in [7, 11) is 3.86. The maximum absolute atomic E-state index is 10.1. The van der Waals surface area contributed by atoms with Gasteiger partial charge in [-0.15, -0.1) is 5.06 Å². The molecule has 0 amide bonds. The van der Waals surface area contributed by atoms with Gasteiger partial charge in [-0.05, 0) is 13.8 Å². The minimum atomic E-state index is -0.290. The van der Waals surface area contributed by atoms with E-state index in [4.69, 9.17) is 0 Å². The molecule has 1 N–H and O–H groups in total. The van der Waals surface area contributed by atoms with Crippen LogP contribution in [-0.2, 0) is 0 Å². The average Bonchev–Trinajstić information content (AvgIpc) is 1.99. The number of amidine groups is 1. The summed E-state index contributed by atoms with van der Waals surface area (Å²) in [6.07, 6.45) is 0. The molecule has 0 saturated carbocycles. The molecule has 84 valence electrons. The zero-order valence-electron chi connectivity index (χ0n) is 10.8. The molecule has 0 unspecified atom stereocenters. The molecule has 0 aromatic carbocycles. The monoisotopic (exact) mass is 201 g/mol. The summed E-state index contributed by atoms with van der Waals surface area (Å²) in [6.45, 7) is 12.4. The van der Waals surface area contributed by atoms with Crippen LogP contribution >= 0.6 is 0 Å². The molecule has 0 aromatic heterocycles. The molecule has 0 aliphatic heterocycles. The number of rotatable bonds is 1. The normalized spacial score (nSPS) is 12.6. The van der Waals surface area contributed by atoms with Crippen molar-refractivity contribution in [3.63, 3.8) is 0 Å². The van der Waals surface area contributed by atoms with Gasteiger partial charge in [0, 0.05) is 12.3 Å². The molecule has 0 aliphatic carbocycles. The van der Waals surface area contributed by atoms with Gasteiger partial charge in [-0.2, -0.15) is 0 Å². The molecule has 0 bridgehead atoms. The Hall–Kier alpha value is -0.570. The van der Waals surface area contributed by atoms with E-state index in [1.807, 2.05) is 39.4 Å². The first-order chi connectivity index (χ1) is 6.01. The summed E-state index contributed by atoms with van der Waals surface area (Å²) in [6, 6.07) is 0. The molecule has 0 atom stereocenters. The van der Waals surface area contributed by atoms with Crippen molar-refractivity contribution in [1.82, 2.24) is 5.06 Å². The van der Waals surface area contributed by atoms with Crippen molar-refractivity contribution in [2.75, 3.05) is 14.1 Å². The zero-order valence-corrected chi connectivity index (χ0v) is 10.8. The Labute approximate surface area is 88.0 Å². The number of hydrogen-bond acceptors (Lipinski definition) is 1. The maximum Gasteiger partial charge on any atom is 0.274 e. The summed E-state index contributed by atoms with van der Waals surface area (Å²) >= 11 is 0. The van der Waals surface area contributed by atoms with Crippen LogP contribution in [0.25, 0.3) is 0 Å². The van der Waals surface area contributed by atoms with Crippen molar-refractivity contribution >= 4 is 5.84 Å². The highest BCUT2D eigenvalue weighted by Crippen LogP contribution is 2.34. The molecule has 0 aliphatic rings. The third-order valence-corrected chi connectivity index (χ3v) is 3.32. The second-order valence-electron chi connectivity index (χ2n) is 5.56. The number of nitrogens with zero attached hydrogens (tertiary/aromatic N) is 2. The first-order valence-electron chi connectivity index (χ1n) is 5.02. The molecule has 3 heteroatoms. The van der Waals surface area contributed by atoms with E-state index in [2.05, 4.69) is 20.8 Å². The Kier molecular flexibility index (Phi) is 3.73. The lowest BCUT2D eigenvalue weighted by Gasteiger charge is -2.39. The van der Waals surface area contributed by atoms with E-state index in [9.17, 15) is 5.21 Å². The fourth-order valence-corrected chi connectivity index (χ4v) is 0.912. The van der Waals surface area contributed by atoms with E-state index >= 15 is 0 Å². The van der Waals surface area contributed by atoms with Crippen molar-refractivity contribution in [1.29, 1.82) is 0 Å². The van der Waals surface area contributed by atoms with Gasteiger partial charge in [0.05, 0.1) is 14.1 Å². The molecule has 0 saturated heterocycles. The maximum atomic E-state index is 10.1. The summed E-state index contributed by atoms with van der Waals surface area (Å²) < 4.78 is 1.91. The fourth-order valence-electron chi connectivity index (χ4n) is 0.912. The van der Waals surface area contributed by atoms with Gasteiger partial charge in [-0.3, -0.25) is 4.58 Å². The van der Waals surface area contributed by atoms with Crippen molar-refractivity contribution in [3.05, 3.63) is 0 Å². The quantitative estimate of drug-likeness (QED) is 0.305. The Morgan fingerprint density at radius 1 is 1.07 bits per heavy atom. The SMILES string of the molecule is CC(N(O)C(C)(C)C(C)(C)C)=[N+](C)C. The molecule has 0 rings (SSSR count). The minimum Gasteiger partial charge on any atom is -0.269 e. The Morgan fingerprint density at radius 2 is 1.43 bits per heavy atom. The molecule has 0 heterocycles. The van der Waals surface area contributed by atoms with Gasteiger partial charge in [0.15, 0.2) is 0 Å². The number of hydroxylamine groups is 2. The smallest absolute Gasteiger partial charge is 0.269 e. The molecular formula is C11H25N2O+. The van der Waals surface area contributed by atoms with Crippen molar-refractivity contribution < 1.29 is 9.78 Å². The second-order valence-corrected chi connectivity index (χ2v) is 5.56. The Morgan fingerprint density at radius 3 is 1.64 bits per heavy atom. The van der Waals surface area contributed by atoms with Crippen LogP contribution in [0.5, 0.6) is 0 Å². The van der Waals surface area contributed by atoms with E-state index in [1.165, 1.54) is 5.06 Å². The molecule has 0 radical (unpaired) electrons. The largest absolute Gasteiger partial charge is 0.274 e. The van der Waals surface area contributed by atoms with Gasteiger partial charge in [0.2, 0.25) is 0 Å². The topological polar surface area (TPSA) is 26.5 Å². The molecule has 3 nitrogen and oxygen atoms in total. The van der Waals surface area contributed by atoms with Crippen LogP contribution in [0.2, 0.25) is 0 Å². The van der Waals surface area contributed by atoms with Crippen LogP contribution in [0.3, 0.4) is 0 Å². The summed E-state index contributed by atoms with van der Waals surface area (Å²) in [5.74, 6) is 0.852. The summed E-state index contributed by atoms with van der Waals surface area (Å²) in [5.41, 5.74) is -0.277. The van der Waals surface area contributed by atoms with Crippen molar-refractivity contribution in [2.45, 2.75) is 47.1 Å². The predicted molar refractivity (Wildman–Crippen MR) is 59.9 cm³/mol. The van der Waals surface area contributed by atoms with E-state index in [1.54, 1.807) is 0 Å². The van der Waals surface area contributed by atoms with Gasteiger partial charge in [0.25, 0.3) is 5.84 Å². The Balaban J connectivity index is 5.05. The molecule has 0 fully saturated rings. The lowest BCUT2D eigenvalue weighted by Crippen LogP contribution is -2.54. The highest BCUT2D eigenvalue weighted by atomic mass is 16.5. The van der Waals surface area contributed by atoms with E-state index in [0.29, 0.717) is 0 Å². The van der Waals surface area contributed by atoms with Gasteiger partial charge >= 0.3 is 0 Å². The lowest BCUT2D eigenvalue weighted by molar-refractivity contribution is -0.477. The van der Waals surface area contributed by atoms with Crippen LogP contribution in [-0.4, -0.2) is 40.3 Å². The summed E-state index contributed by atoms with van der Waals surface area (Å²) in [4.78, 5) is 0. The van der Waals surface area contributed by atoms with Gasteiger partial charge < -0.3 is 0 Å². The molecule has 14 heavy (non-hydrogen) atoms. The van der Waals surface area contributed by atoms with Crippen LogP contribution in [0, 0.1) is 5.41 Å². The van der Waals surface area contributed by atoms with Gasteiger partial charge in [-0.25, -0.2) is 5.21 Å².